The molecule has 5 heteroatoms. The van der Waals surface area contributed by atoms with Crippen LogP contribution in [0.1, 0.15) is 39.0 Å². The highest BCUT2D eigenvalue weighted by Gasteiger charge is 2.41. The average molecular weight is 242 g/mol. The third-order valence-corrected chi connectivity index (χ3v) is 3.50. The van der Waals surface area contributed by atoms with E-state index in [2.05, 4.69) is 17.6 Å². The second-order valence-corrected chi connectivity index (χ2v) is 4.94. The van der Waals surface area contributed by atoms with E-state index in [1.54, 1.807) is 7.05 Å². The zero-order valence-electron chi connectivity index (χ0n) is 10.6. The van der Waals surface area contributed by atoms with Crippen LogP contribution < -0.4 is 10.6 Å². The van der Waals surface area contributed by atoms with Gasteiger partial charge in [0.15, 0.2) is 0 Å². The van der Waals surface area contributed by atoms with Crippen molar-refractivity contribution in [2.24, 2.45) is 5.92 Å². The molecule has 3 N–H and O–H groups in total. The fourth-order valence-corrected chi connectivity index (χ4v) is 2.52. The number of nitrogens with one attached hydrogen (secondary N) is 2. The Hall–Kier alpha value is -1.10. The summed E-state index contributed by atoms with van der Waals surface area (Å²) in [5, 5.41) is 15.0. The summed E-state index contributed by atoms with van der Waals surface area (Å²) >= 11 is 0. The SMILES string of the molecule is CNC(=O)CCNC1(C(=O)O)CCCC(C)C1. The molecule has 0 radical (unpaired) electrons. The average Bonchev–Trinajstić information content (AvgIpc) is 2.28. The third-order valence-electron chi connectivity index (χ3n) is 3.50. The summed E-state index contributed by atoms with van der Waals surface area (Å²) in [6.07, 6.45) is 3.64. The molecular formula is C12H22N2O3. The Bertz CT molecular complexity index is 293. The van der Waals surface area contributed by atoms with Crippen molar-refractivity contribution in [2.45, 2.75) is 44.6 Å². The van der Waals surface area contributed by atoms with E-state index in [9.17, 15) is 14.7 Å². The number of hydrogen-bond acceptors (Lipinski definition) is 3. The predicted molar refractivity (Wildman–Crippen MR) is 64.7 cm³/mol. The van der Waals surface area contributed by atoms with Crippen LogP contribution in [-0.4, -0.2) is 36.1 Å². The maximum absolute atomic E-state index is 11.4. The number of carboxylic acid groups (broad SMARTS) is 1. The van der Waals surface area contributed by atoms with E-state index < -0.39 is 11.5 Å². The van der Waals surface area contributed by atoms with Gasteiger partial charge in [0.1, 0.15) is 5.54 Å². The minimum absolute atomic E-state index is 0.0677. The lowest BCUT2D eigenvalue weighted by Gasteiger charge is -2.37. The fourth-order valence-electron chi connectivity index (χ4n) is 2.52. The second-order valence-electron chi connectivity index (χ2n) is 4.94. The van der Waals surface area contributed by atoms with Gasteiger partial charge >= 0.3 is 5.97 Å². The van der Waals surface area contributed by atoms with E-state index in [0.717, 1.165) is 12.8 Å². The number of rotatable bonds is 5. The smallest absolute Gasteiger partial charge is 0.323 e. The van der Waals surface area contributed by atoms with Crippen molar-refractivity contribution >= 4 is 11.9 Å². The third kappa shape index (κ3) is 3.70. The second kappa shape index (κ2) is 6.00. The van der Waals surface area contributed by atoms with Gasteiger partial charge in [0.25, 0.3) is 0 Å². The molecule has 1 rings (SSSR count). The first-order valence-corrected chi connectivity index (χ1v) is 6.19. The number of amides is 1. The van der Waals surface area contributed by atoms with Gasteiger partial charge in [-0.1, -0.05) is 19.8 Å². The Kier molecular flexibility index (Phi) is 4.93. The highest BCUT2D eigenvalue weighted by Crippen LogP contribution is 2.32. The van der Waals surface area contributed by atoms with Gasteiger partial charge in [0.2, 0.25) is 5.91 Å². The molecule has 0 aromatic carbocycles. The van der Waals surface area contributed by atoms with Crippen LogP contribution >= 0.6 is 0 Å². The first kappa shape index (κ1) is 14.0. The highest BCUT2D eigenvalue weighted by molar-refractivity contribution is 5.79. The largest absolute Gasteiger partial charge is 0.480 e. The van der Waals surface area contributed by atoms with E-state index >= 15 is 0 Å². The Morgan fingerprint density at radius 2 is 2.18 bits per heavy atom. The van der Waals surface area contributed by atoms with Crippen LogP contribution in [0.2, 0.25) is 0 Å². The van der Waals surface area contributed by atoms with E-state index in [1.807, 2.05) is 0 Å². The van der Waals surface area contributed by atoms with Crippen molar-refractivity contribution in [1.82, 2.24) is 10.6 Å². The maximum atomic E-state index is 11.4. The molecule has 0 saturated heterocycles. The lowest BCUT2D eigenvalue weighted by Crippen LogP contribution is -2.55. The van der Waals surface area contributed by atoms with Crippen molar-refractivity contribution in [3.05, 3.63) is 0 Å². The molecule has 1 amide bonds. The quantitative estimate of drug-likeness (QED) is 0.664. The molecule has 0 aromatic heterocycles. The van der Waals surface area contributed by atoms with E-state index in [0.29, 0.717) is 31.7 Å². The number of carbonyl (C=O) groups is 2. The van der Waals surface area contributed by atoms with Crippen LogP contribution in [0.3, 0.4) is 0 Å². The summed E-state index contributed by atoms with van der Waals surface area (Å²) in [6, 6.07) is 0. The van der Waals surface area contributed by atoms with Crippen LogP contribution in [0, 0.1) is 5.92 Å². The molecular weight excluding hydrogens is 220 g/mol. The Balaban J connectivity index is 2.53. The molecule has 0 heterocycles. The Labute approximate surface area is 102 Å². The lowest BCUT2D eigenvalue weighted by molar-refractivity contribution is -0.147. The van der Waals surface area contributed by atoms with Crippen molar-refractivity contribution in [1.29, 1.82) is 0 Å². The molecule has 98 valence electrons. The van der Waals surface area contributed by atoms with E-state index in [-0.39, 0.29) is 5.91 Å². The summed E-state index contributed by atoms with van der Waals surface area (Å²) < 4.78 is 0. The summed E-state index contributed by atoms with van der Waals surface area (Å²) in [5.41, 5.74) is -0.828. The predicted octanol–water partition coefficient (Wildman–Crippen LogP) is 0.746. The van der Waals surface area contributed by atoms with Gasteiger partial charge in [-0.2, -0.15) is 0 Å². The first-order chi connectivity index (χ1) is 8.00. The summed E-state index contributed by atoms with van der Waals surface area (Å²) in [6.45, 7) is 2.50. The lowest BCUT2D eigenvalue weighted by atomic mass is 9.76. The van der Waals surface area contributed by atoms with Gasteiger partial charge in [-0.15, -0.1) is 0 Å². The van der Waals surface area contributed by atoms with Crippen LogP contribution in [-0.2, 0) is 9.59 Å². The van der Waals surface area contributed by atoms with Crippen LogP contribution in [0.15, 0.2) is 0 Å². The molecule has 17 heavy (non-hydrogen) atoms. The molecule has 2 atom stereocenters. The van der Waals surface area contributed by atoms with E-state index in [4.69, 9.17) is 0 Å². The van der Waals surface area contributed by atoms with Crippen molar-refractivity contribution in [3.63, 3.8) is 0 Å². The molecule has 1 saturated carbocycles. The number of aliphatic carboxylic acids is 1. The molecule has 0 bridgehead atoms. The topological polar surface area (TPSA) is 78.4 Å². The molecule has 2 unspecified atom stereocenters. The van der Waals surface area contributed by atoms with Gasteiger partial charge in [0, 0.05) is 20.0 Å². The van der Waals surface area contributed by atoms with Gasteiger partial charge < -0.3 is 15.7 Å². The molecule has 5 nitrogen and oxygen atoms in total. The van der Waals surface area contributed by atoms with Crippen LogP contribution in [0.25, 0.3) is 0 Å². The standard InChI is InChI=1S/C12H22N2O3/c1-9-4-3-6-12(8-9,11(16)17)14-7-5-10(15)13-2/h9,14H,3-8H2,1-2H3,(H,13,15)(H,16,17). The van der Waals surface area contributed by atoms with Crippen LogP contribution in [0.5, 0.6) is 0 Å². The van der Waals surface area contributed by atoms with Gasteiger partial charge in [-0.3, -0.25) is 9.59 Å². The Morgan fingerprint density at radius 3 is 2.71 bits per heavy atom. The summed E-state index contributed by atoms with van der Waals surface area (Å²) in [7, 11) is 1.58. The van der Waals surface area contributed by atoms with Gasteiger partial charge in [-0.25, -0.2) is 0 Å². The molecule has 0 spiro atoms. The normalized spacial score (nSPS) is 28.7. The van der Waals surface area contributed by atoms with E-state index in [1.165, 1.54) is 0 Å². The zero-order valence-corrected chi connectivity index (χ0v) is 10.6. The number of carboxylic acids is 1. The molecule has 0 aliphatic heterocycles. The molecule has 1 fully saturated rings. The number of hydrogen-bond donors (Lipinski definition) is 3. The fraction of sp³-hybridized carbons (Fsp3) is 0.833. The van der Waals surface area contributed by atoms with Crippen molar-refractivity contribution in [2.75, 3.05) is 13.6 Å². The summed E-state index contributed by atoms with van der Waals surface area (Å²) in [5.74, 6) is -0.435. The molecule has 1 aliphatic carbocycles. The summed E-state index contributed by atoms with van der Waals surface area (Å²) in [4.78, 5) is 22.5. The molecule has 0 aromatic rings. The van der Waals surface area contributed by atoms with Crippen molar-refractivity contribution < 1.29 is 14.7 Å². The van der Waals surface area contributed by atoms with Gasteiger partial charge in [-0.05, 0) is 18.8 Å². The Morgan fingerprint density at radius 1 is 1.47 bits per heavy atom. The molecule has 1 aliphatic rings. The minimum atomic E-state index is -0.828. The van der Waals surface area contributed by atoms with Crippen molar-refractivity contribution in [3.8, 4) is 0 Å². The maximum Gasteiger partial charge on any atom is 0.323 e. The zero-order chi connectivity index (χ0) is 12.9. The minimum Gasteiger partial charge on any atom is -0.480 e. The number of carbonyl (C=O) groups excluding carboxylic acids is 1. The highest BCUT2D eigenvalue weighted by atomic mass is 16.4. The van der Waals surface area contributed by atoms with Crippen LogP contribution in [0.4, 0.5) is 0 Å². The monoisotopic (exact) mass is 242 g/mol. The van der Waals surface area contributed by atoms with Gasteiger partial charge in [0.05, 0.1) is 0 Å². The first-order valence-electron chi connectivity index (χ1n) is 6.19.